The predicted octanol–water partition coefficient (Wildman–Crippen LogP) is 3.63. The first-order chi connectivity index (χ1) is 14.9. The van der Waals surface area contributed by atoms with Gasteiger partial charge in [-0.1, -0.05) is 11.6 Å². The second-order valence-corrected chi connectivity index (χ2v) is 7.90. The van der Waals surface area contributed by atoms with E-state index in [2.05, 4.69) is 27.1 Å². The van der Waals surface area contributed by atoms with E-state index in [0.717, 1.165) is 31.9 Å². The van der Waals surface area contributed by atoms with Crippen LogP contribution in [0.4, 0.5) is 21.5 Å². The number of likely N-dealkylation sites (N-methyl/N-ethyl adjacent to an activating group) is 1. The summed E-state index contributed by atoms with van der Waals surface area (Å²) < 4.78 is 19.1. The minimum absolute atomic E-state index is 0.188. The van der Waals surface area contributed by atoms with Crippen LogP contribution in [-0.2, 0) is 0 Å². The molecule has 4 rings (SSSR count). The quantitative estimate of drug-likeness (QED) is 0.626. The van der Waals surface area contributed by atoms with Gasteiger partial charge in [0.25, 0.3) is 5.91 Å². The molecule has 0 radical (unpaired) electrons. The number of ether oxygens (including phenoxy) is 1. The number of hydrogen-bond donors (Lipinski definition) is 2. The summed E-state index contributed by atoms with van der Waals surface area (Å²) in [4.78, 5) is 21.1. The number of carbonyl (C=O) groups excluding carboxylic acids is 1. The van der Waals surface area contributed by atoms with Crippen molar-refractivity contribution in [1.29, 1.82) is 0 Å². The maximum Gasteiger partial charge on any atom is 0.252 e. The van der Waals surface area contributed by atoms with E-state index in [1.165, 1.54) is 24.4 Å². The minimum atomic E-state index is -0.632. The van der Waals surface area contributed by atoms with Crippen LogP contribution < -0.4 is 20.7 Å². The maximum absolute atomic E-state index is 13.5. The summed E-state index contributed by atoms with van der Waals surface area (Å²) in [5.41, 5.74) is 8.28. The number of halogens is 2. The molecule has 2 heterocycles. The Balaban J connectivity index is 1.88. The minimum Gasteiger partial charge on any atom is -0.495 e. The van der Waals surface area contributed by atoms with Gasteiger partial charge in [-0.25, -0.2) is 4.39 Å². The zero-order valence-electron chi connectivity index (χ0n) is 17.3. The van der Waals surface area contributed by atoms with Crippen molar-refractivity contribution in [3.8, 4) is 5.75 Å². The van der Waals surface area contributed by atoms with Crippen LogP contribution in [0.2, 0.25) is 5.02 Å². The fourth-order valence-electron chi connectivity index (χ4n) is 3.71. The number of nitrogens with one attached hydrogen (secondary N) is 1. The number of aromatic nitrogens is 1. The molecule has 162 valence electrons. The lowest BCUT2D eigenvalue weighted by molar-refractivity contribution is 0.100. The molecule has 0 bridgehead atoms. The van der Waals surface area contributed by atoms with Gasteiger partial charge in [0.05, 0.1) is 40.3 Å². The first kappa shape index (κ1) is 21.1. The second kappa shape index (κ2) is 8.56. The van der Waals surface area contributed by atoms with Crippen molar-refractivity contribution in [2.75, 3.05) is 50.6 Å². The fourth-order valence-corrected chi connectivity index (χ4v) is 3.93. The predicted molar refractivity (Wildman–Crippen MR) is 121 cm³/mol. The molecular formula is C22H23ClFN5O2. The Morgan fingerprint density at radius 2 is 1.97 bits per heavy atom. The average molecular weight is 444 g/mol. The molecule has 31 heavy (non-hydrogen) atoms. The number of pyridine rings is 1. The van der Waals surface area contributed by atoms with E-state index in [4.69, 9.17) is 22.1 Å². The summed E-state index contributed by atoms with van der Waals surface area (Å²) in [5.74, 6) is -0.387. The van der Waals surface area contributed by atoms with Gasteiger partial charge >= 0.3 is 0 Å². The number of carbonyl (C=O) groups is 1. The van der Waals surface area contributed by atoms with Crippen LogP contribution in [0.5, 0.6) is 5.75 Å². The van der Waals surface area contributed by atoms with Gasteiger partial charge in [-0.05, 0) is 31.3 Å². The number of primary amides is 1. The van der Waals surface area contributed by atoms with Crippen molar-refractivity contribution >= 4 is 45.5 Å². The van der Waals surface area contributed by atoms with Gasteiger partial charge in [-0.2, -0.15) is 0 Å². The highest BCUT2D eigenvalue weighted by atomic mass is 35.5. The number of piperazine rings is 1. The van der Waals surface area contributed by atoms with Gasteiger partial charge in [0.15, 0.2) is 0 Å². The highest BCUT2D eigenvalue weighted by molar-refractivity contribution is 6.33. The number of nitrogens with two attached hydrogens (primary N) is 1. The zero-order valence-corrected chi connectivity index (χ0v) is 18.0. The Bertz CT molecular complexity index is 1150. The van der Waals surface area contributed by atoms with Crippen LogP contribution in [0.25, 0.3) is 10.9 Å². The zero-order chi connectivity index (χ0) is 22.1. The molecule has 3 aromatic rings. The summed E-state index contributed by atoms with van der Waals surface area (Å²) in [7, 11) is 3.71. The van der Waals surface area contributed by atoms with E-state index in [-0.39, 0.29) is 10.6 Å². The summed E-state index contributed by atoms with van der Waals surface area (Å²) in [6.07, 6.45) is 1.42. The Morgan fingerprint density at radius 1 is 1.23 bits per heavy atom. The standard InChI is InChI=1S/C22H23ClFN5O2/c1-28-5-7-29(8-6-28)19-10-14-18(11-20(19)31-2)26-12-15(22(25)30)21(14)27-17-4-3-13(24)9-16(17)23/h3-4,9-12H,5-8H2,1-2H3,(H2,25,30)(H,26,27). The van der Waals surface area contributed by atoms with Crippen molar-refractivity contribution in [3.05, 3.63) is 52.9 Å². The Labute approximate surface area is 184 Å². The van der Waals surface area contributed by atoms with Crippen LogP contribution in [0.1, 0.15) is 10.4 Å². The van der Waals surface area contributed by atoms with Crippen molar-refractivity contribution in [2.24, 2.45) is 5.73 Å². The van der Waals surface area contributed by atoms with Gasteiger partial charge in [-0.3, -0.25) is 9.78 Å². The van der Waals surface area contributed by atoms with Crippen molar-refractivity contribution in [3.63, 3.8) is 0 Å². The van der Waals surface area contributed by atoms with Crippen LogP contribution in [-0.4, -0.2) is 56.1 Å². The monoisotopic (exact) mass is 443 g/mol. The second-order valence-electron chi connectivity index (χ2n) is 7.49. The van der Waals surface area contributed by atoms with Crippen LogP contribution in [0, 0.1) is 5.82 Å². The van der Waals surface area contributed by atoms with Gasteiger partial charge in [-0.15, -0.1) is 0 Å². The summed E-state index contributed by atoms with van der Waals surface area (Å²) in [6, 6.07) is 7.79. The van der Waals surface area contributed by atoms with E-state index >= 15 is 0 Å². The van der Waals surface area contributed by atoms with Crippen LogP contribution in [0.3, 0.4) is 0 Å². The number of hydrogen-bond acceptors (Lipinski definition) is 6. The lowest BCUT2D eigenvalue weighted by Gasteiger charge is -2.35. The number of fused-ring (bicyclic) bond motifs is 1. The number of methoxy groups -OCH3 is 1. The normalized spacial score (nSPS) is 14.6. The molecule has 1 aliphatic rings. The molecule has 2 aromatic carbocycles. The number of nitrogens with zero attached hydrogens (tertiary/aromatic N) is 3. The number of anilines is 3. The summed E-state index contributed by atoms with van der Waals surface area (Å²) >= 11 is 6.21. The Morgan fingerprint density at radius 3 is 2.61 bits per heavy atom. The first-order valence-corrected chi connectivity index (χ1v) is 10.2. The van der Waals surface area contributed by atoms with Gasteiger partial charge in [0.2, 0.25) is 0 Å². The molecule has 0 unspecified atom stereocenters. The molecule has 1 amide bonds. The van der Waals surface area contributed by atoms with E-state index in [0.29, 0.717) is 28.0 Å². The average Bonchev–Trinajstić information content (AvgIpc) is 2.75. The Kier molecular flexibility index (Phi) is 5.84. The van der Waals surface area contributed by atoms with Crippen LogP contribution in [0.15, 0.2) is 36.5 Å². The molecule has 0 saturated carbocycles. The van der Waals surface area contributed by atoms with Crippen molar-refractivity contribution < 1.29 is 13.9 Å². The highest BCUT2D eigenvalue weighted by Gasteiger charge is 2.22. The molecule has 7 nitrogen and oxygen atoms in total. The molecule has 0 aliphatic carbocycles. The topological polar surface area (TPSA) is 83.7 Å². The Hall–Kier alpha value is -3.10. The number of amides is 1. The third-order valence-corrected chi connectivity index (χ3v) is 5.78. The number of benzene rings is 2. The lowest BCUT2D eigenvalue weighted by atomic mass is 10.1. The first-order valence-electron chi connectivity index (χ1n) is 9.83. The molecule has 1 aromatic heterocycles. The maximum atomic E-state index is 13.5. The van der Waals surface area contributed by atoms with E-state index in [9.17, 15) is 9.18 Å². The van der Waals surface area contributed by atoms with Crippen LogP contribution >= 0.6 is 11.6 Å². The van der Waals surface area contributed by atoms with Crippen molar-refractivity contribution in [1.82, 2.24) is 9.88 Å². The number of rotatable bonds is 5. The van der Waals surface area contributed by atoms with E-state index in [1.54, 1.807) is 7.11 Å². The van der Waals surface area contributed by atoms with E-state index < -0.39 is 11.7 Å². The van der Waals surface area contributed by atoms with Gasteiger partial charge < -0.3 is 25.6 Å². The molecular weight excluding hydrogens is 421 g/mol. The van der Waals surface area contributed by atoms with Gasteiger partial charge in [0.1, 0.15) is 11.6 Å². The molecule has 1 saturated heterocycles. The largest absolute Gasteiger partial charge is 0.495 e. The van der Waals surface area contributed by atoms with E-state index in [1.807, 2.05) is 12.1 Å². The smallest absolute Gasteiger partial charge is 0.252 e. The molecule has 9 heteroatoms. The lowest BCUT2D eigenvalue weighted by Crippen LogP contribution is -2.44. The SMILES string of the molecule is COc1cc2ncc(C(N)=O)c(Nc3ccc(F)cc3Cl)c2cc1N1CCN(C)CC1. The highest BCUT2D eigenvalue weighted by Crippen LogP contribution is 2.39. The van der Waals surface area contributed by atoms with Crippen molar-refractivity contribution in [2.45, 2.75) is 0 Å². The fraction of sp³-hybridized carbons (Fsp3) is 0.273. The molecule has 0 spiro atoms. The molecule has 0 atom stereocenters. The third-order valence-electron chi connectivity index (χ3n) is 5.47. The third kappa shape index (κ3) is 4.22. The summed E-state index contributed by atoms with van der Waals surface area (Å²) in [6.45, 7) is 3.54. The molecule has 1 fully saturated rings. The molecule has 3 N–H and O–H groups in total. The molecule has 1 aliphatic heterocycles. The summed E-state index contributed by atoms with van der Waals surface area (Å²) in [5, 5.41) is 4.03. The van der Waals surface area contributed by atoms with Gasteiger partial charge in [0, 0.05) is 43.8 Å².